The van der Waals surface area contributed by atoms with Gasteiger partial charge in [-0.1, -0.05) is 35.3 Å². The maximum atomic E-state index is 13.9. The number of carbonyl (C=O) groups excluding carboxylic acids is 1. The first kappa shape index (κ1) is 13.2. The van der Waals surface area contributed by atoms with Crippen LogP contribution in [0.2, 0.25) is 10.0 Å². The van der Waals surface area contributed by atoms with Crippen LogP contribution in [0.15, 0.2) is 42.6 Å². The van der Waals surface area contributed by atoms with Gasteiger partial charge in [0.05, 0.1) is 15.6 Å². The Labute approximate surface area is 124 Å². The van der Waals surface area contributed by atoms with Gasteiger partial charge in [0.15, 0.2) is 11.6 Å². The van der Waals surface area contributed by atoms with E-state index in [1.54, 1.807) is 18.2 Å². The van der Waals surface area contributed by atoms with Crippen LogP contribution in [0.3, 0.4) is 0 Å². The van der Waals surface area contributed by atoms with Crippen molar-refractivity contribution in [1.29, 1.82) is 0 Å². The van der Waals surface area contributed by atoms with Crippen molar-refractivity contribution in [2.75, 3.05) is 0 Å². The highest BCUT2D eigenvalue weighted by Gasteiger charge is 2.20. The fourth-order valence-electron chi connectivity index (χ4n) is 2.14. The lowest BCUT2D eigenvalue weighted by Crippen LogP contribution is -2.04. The second kappa shape index (κ2) is 4.93. The molecule has 1 N–H and O–H groups in total. The van der Waals surface area contributed by atoms with E-state index in [1.165, 1.54) is 24.4 Å². The van der Waals surface area contributed by atoms with Gasteiger partial charge in [-0.2, -0.15) is 0 Å². The number of benzene rings is 2. The third kappa shape index (κ3) is 1.99. The molecule has 0 atom stereocenters. The molecular weight excluding hydrogens is 300 g/mol. The van der Waals surface area contributed by atoms with E-state index in [0.29, 0.717) is 16.0 Å². The molecular formula is C15H8Cl2FNO. The minimum Gasteiger partial charge on any atom is -0.360 e. The largest absolute Gasteiger partial charge is 0.360 e. The Morgan fingerprint density at radius 1 is 1.00 bits per heavy atom. The van der Waals surface area contributed by atoms with E-state index in [4.69, 9.17) is 23.2 Å². The monoisotopic (exact) mass is 307 g/mol. The number of ketones is 1. The number of fused-ring (bicyclic) bond motifs is 1. The summed E-state index contributed by atoms with van der Waals surface area (Å²) in [6, 6.07) is 9.59. The van der Waals surface area contributed by atoms with Gasteiger partial charge in [-0.3, -0.25) is 4.79 Å². The molecule has 0 aliphatic heterocycles. The summed E-state index contributed by atoms with van der Waals surface area (Å²) in [5.74, 6) is -1.18. The molecule has 1 aromatic heterocycles. The van der Waals surface area contributed by atoms with Crippen LogP contribution in [0.5, 0.6) is 0 Å². The van der Waals surface area contributed by atoms with Gasteiger partial charge in [-0.05, 0) is 24.3 Å². The number of hydrogen-bond donors (Lipinski definition) is 1. The van der Waals surface area contributed by atoms with Gasteiger partial charge in [-0.25, -0.2) is 4.39 Å². The third-order valence-electron chi connectivity index (χ3n) is 3.10. The highest BCUT2D eigenvalue weighted by Crippen LogP contribution is 2.29. The summed E-state index contributed by atoms with van der Waals surface area (Å²) in [4.78, 5) is 15.4. The van der Waals surface area contributed by atoms with E-state index in [1.807, 2.05) is 0 Å². The van der Waals surface area contributed by atoms with E-state index in [2.05, 4.69) is 4.98 Å². The maximum absolute atomic E-state index is 13.9. The van der Waals surface area contributed by atoms with Crippen molar-refractivity contribution in [3.8, 4) is 0 Å². The molecule has 0 radical (unpaired) electrons. The number of nitrogens with one attached hydrogen (secondary N) is 1. The molecule has 2 aromatic carbocycles. The molecule has 0 bridgehead atoms. The summed E-state index contributed by atoms with van der Waals surface area (Å²) in [5, 5.41) is 0.940. The summed E-state index contributed by atoms with van der Waals surface area (Å²) in [6.07, 6.45) is 1.53. The zero-order valence-corrected chi connectivity index (χ0v) is 11.6. The summed E-state index contributed by atoms with van der Waals surface area (Å²) in [6.45, 7) is 0. The molecule has 0 aliphatic carbocycles. The summed E-state index contributed by atoms with van der Waals surface area (Å²) in [5.41, 5.74) is 0.980. The first-order valence-corrected chi connectivity index (χ1v) is 6.59. The minimum atomic E-state index is -0.722. The molecule has 20 heavy (non-hydrogen) atoms. The van der Waals surface area contributed by atoms with Crippen LogP contribution in [0, 0.1) is 5.82 Å². The molecule has 5 heteroatoms. The van der Waals surface area contributed by atoms with Crippen LogP contribution in [-0.4, -0.2) is 10.8 Å². The lowest BCUT2D eigenvalue weighted by Gasteiger charge is -2.03. The standard InChI is InChI=1S/C15H8Cl2FNO/c16-10-4-2-6-12-13(10)9(7-19-12)15(20)8-3-1-5-11(17)14(8)18/h1-7,19H. The molecule has 2 nitrogen and oxygen atoms in total. The van der Waals surface area contributed by atoms with Gasteiger partial charge in [0, 0.05) is 22.7 Å². The van der Waals surface area contributed by atoms with Crippen molar-refractivity contribution < 1.29 is 9.18 Å². The third-order valence-corrected chi connectivity index (χ3v) is 3.70. The van der Waals surface area contributed by atoms with Crippen molar-refractivity contribution in [2.45, 2.75) is 0 Å². The van der Waals surface area contributed by atoms with Gasteiger partial charge in [-0.15, -0.1) is 0 Å². The number of hydrogen-bond acceptors (Lipinski definition) is 1. The Kier molecular flexibility index (Phi) is 3.24. The Bertz CT molecular complexity index is 826. The van der Waals surface area contributed by atoms with Crippen molar-refractivity contribution in [3.05, 3.63) is 69.6 Å². The van der Waals surface area contributed by atoms with Crippen molar-refractivity contribution in [3.63, 3.8) is 0 Å². The number of aromatic amines is 1. The van der Waals surface area contributed by atoms with Crippen LogP contribution < -0.4 is 0 Å². The molecule has 0 amide bonds. The number of carbonyl (C=O) groups is 1. The summed E-state index contributed by atoms with van der Waals surface area (Å²) in [7, 11) is 0. The molecule has 100 valence electrons. The molecule has 3 rings (SSSR count). The number of H-pyrrole nitrogens is 1. The molecule has 0 spiro atoms. The van der Waals surface area contributed by atoms with E-state index in [0.717, 1.165) is 5.52 Å². The molecule has 0 saturated heterocycles. The highest BCUT2D eigenvalue weighted by molar-refractivity contribution is 6.37. The summed E-state index contributed by atoms with van der Waals surface area (Å²) < 4.78 is 13.9. The van der Waals surface area contributed by atoms with Crippen LogP contribution in [0.1, 0.15) is 15.9 Å². The molecule has 3 aromatic rings. The van der Waals surface area contributed by atoms with Gasteiger partial charge < -0.3 is 4.98 Å². The second-order valence-electron chi connectivity index (χ2n) is 4.30. The zero-order valence-electron chi connectivity index (χ0n) is 10.1. The van der Waals surface area contributed by atoms with Crippen molar-refractivity contribution in [2.24, 2.45) is 0 Å². The van der Waals surface area contributed by atoms with Gasteiger partial charge >= 0.3 is 0 Å². The second-order valence-corrected chi connectivity index (χ2v) is 5.11. The lowest BCUT2D eigenvalue weighted by atomic mass is 10.0. The van der Waals surface area contributed by atoms with Crippen LogP contribution in [-0.2, 0) is 0 Å². The fourth-order valence-corrected chi connectivity index (χ4v) is 2.59. The van der Waals surface area contributed by atoms with Gasteiger partial charge in [0.1, 0.15) is 0 Å². The molecule has 0 aliphatic rings. The number of aromatic nitrogens is 1. The average Bonchev–Trinajstić information content (AvgIpc) is 2.86. The summed E-state index contributed by atoms with van der Waals surface area (Å²) >= 11 is 11.8. The van der Waals surface area contributed by atoms with E-state index in [9.17, 15) is 9.18 Å². The normalized spacial score (nSPS) is 10.9. The molecule has 0 saturated carbocycles. The Morgan fingerprint density at radius 2 is 1.70 bits per heavy atom. The van der Waals surface area contributed by atoms with Crippen LogP contribution in [0.4, 0.5) is 4.39 Å². The lowest BCUT2D eigenvalue weighted by molar-refractivity contribution is 0.103. The SMILES string of the molecule is O=C(c1cccc(Cl)c1F)c1c[nH]c2cccc(Cl)c12. The smallest absolute Gasteiger partial charge is 0.198 e. The van der Waals surface area contributed by atoms with Crippen molar-refractivity contribution >= 4 is 39.9 Å². The first-order chi connectivity index (χ1) is 9.59. The predicted molar refractivity (Wildman–Crippen MR) is 78.2 cm³/mol. The topological polar surface area (TPSA) is 32.9 Å². The highest BCUT2D eigenvalue weighted by atomic mass is 35.5. The molecule has 1 heterocycles. The first-order valence-electron chi connectivity index (χ1n) is 5.84. The predicted octanol–water partition coefficient (Wildman–Crippen LogP) is 4.84. The van der Waals surface area contributed by atoms with Gasteiger partial charge in [0.2, 0.25) is 0 Å². The van der Waals surface area contributed by atoms with Crippen LogP contribution in [0.25, 0.3) is 10.9 Å². The minimum absolute atomic E-state index is 0.0710. The Hall–Kier alpha value is -1.84. The molecule has 0 unspecified atom stereocenters. The van der Waals surface area contributed by atoms with E-state index in [-0.39, 0.29) is 10.6 Å². The quantitative estimate of drug-likeness (QED) is 0.675. The zero-order chi connectivity index (χ0) is 14.3. The average molecular weight is 308 g/mol. The van der Waals surface area contributed by atoms with E-state index < -0.39 is 11.6 Å². The number of rotatable bonds is 2. The molecule has 0 fully saturated rings. The Morgan fingerprint density at radius 3 is 2.50 bits per heavy atom. The Balaban J connectivity index is 2.21. The van der Waals surface area contributed by atoms with Crippen molar-refractivity contribution in [1.82, 2.24) is 4.98 Å². The maximum Gasteiger partial charge on any atom is 0.198 e. The number of halogens is 3. The van der Waals surface area contributed by atoms with E-state index >= 15 is 0 Å². The van der Waals surface area contributed by atoms with Crippen LogP contribution >= 0.6 is 23.2 Å². The fraction of sp³-hybridized carbons (Fsp3) is 0. The van der Waals surface area contributed by atoms with Gasteiger partial charge in [0.25, 0.3) is 0 Å².